The van der Waals surface area contributed by atoms with E-state index in [9.17, 15) is 18.3 Å². The Kier molecular flexibility index (Phi) is 3.44. The fourth-order valence-electron chi connectivity index (χ4n) is 2.20. The summed E-state index contributed by atoms with van der Waals surface area (Å²) in [7, 11) is 0. The van der Waals surface area contributed by atoms with Crippen LogP contribution in [0, 0.1) is 0 Å². The van der Waals surface area contributed by atoms with E-state index in [2.05, 4.69) is 4.98 Å². The molecule has 2 aromatic carbocycles. The van der Waals surface area contributed by atoms with Crippen molar-refractivity contribution in [2.45, 2.75) is 12.8 Å². The van der Waals surface area contributed by atoms with Crippen LogP contribution in [-0.4, -0.2) is 10.1 Å². The molecule has 0 aliphatic heterocycles. The lowest BCUT2D eigenvalue weighted by molar-refractivity contribution is -0.137. The molecule has 22 heavy (non-hydrogen) atoms. The molecule has 0 bridgehead atoms. The second-order valence-corrected chi connectivity index (χ2v) is 4.85. The molecule has 2 N–H and O–H groups in total. The number of aromatic nitrogens is 1. The molecule has 0 saturated heterocycles. The van der Waals surface area contributed by atoms with Crippen molar-refractivity contribution >= 4 is 10.9 Å². The minimum atomic E-state index is -4.40. The van der Waals surface area contributed by atoms with Gasteiger partial charge in [0.15, 0.2) is 0 Å². The van der Waals surface area contributed by atoms with Crippen LogP contribution in [0.5, 0.6) is 11.5 Å². The molecular formula is C16H12F3NO2. The Morgan fingerprint density at radius 2 is 1.82 bits per heavy atom. The van der Waals surface area contributed by atoms with Gasteiger partial charge in [0.25, 0.3) is 0 Å². The summed E-state index contributed by atoms with van der Waals surface area (Å²) in [5.41, 5.74) is 0.485. The first-order chi connectivity index (χ1) is 10.4. The Hall–Kier alpha value is -2.63. The number of ether oxygens (including phenoxy) is 1. The van der Waals surface area contributed by atoms with Crippen molar-refractivity contribution in [2.24, 2.45) is 0 Å². The number of para-hydroxylation sites is 1. The molecule has 3 aromatic rings. The van der Waals surface area contributed by atoms with Gasteiger partial charge in [-0.3, -0.25) is 0 Å². The van der Waals surface area contributed by atoms with Gasteiger partial charge in [0.2, 0.25) is 0 Å². The molecule has 0 spiro atoms. The highest BCUT2D eigenvalue weighted by Crippen LogP contribution is 2.31. The summed E-state index contributed by atoms with van der Waals surface area (Å²) in [5, 5.41) is 10.5. The molecule has 0 aliphatic rings. The van der Waals surface area contributed by atoms with Crippen molar-refractivity contribution in [2.75, 3.05) is 0 Å². The predicted molar refractivity (Wildman–Crippen MR) is 75.7 cm³/mol. The zero-order chi connectivity index (χ0) is 15.7. The van der Waals surface area contributed by atoms with Crippen LogP contribution in [0.1, 0.15) is 11.3 Å². The van der Waals surface area contributed by atoms with Crippen molar-refractivity contribution in [3.63, 3.8) is 0 Å². The van der Waals surface area contributed by atoms with Crippen molar-refractivity contribution in [1.82, 2.24) is 4.98 Å². The minimum absolute atomic E-state index is 0.0788. The van der Waals surface area contributed by atoms with Crippen LogP contribution >= 0.6 is 0 Å². The van der Waals surface area contributed by atoms with Gasteiger partial charge < -0.3 is 14.8 Å². The van der Waals surface area contributed by atoms with Gasteiger partial charge >= 0.3 is 6.18 Å². The maximum Gasteiger partial charge on any atom is 0.416 e. The van der Waals surface area contributed by atoms with E-state index in [0.717, 1.165) is 17.5 Å². The summed E-state index contributed by atoms with van der Waals surface area (Å²) in [4.78, 5) is 2.98. The summed E-state index contributed by atoms with van der Waals surface area (Å²) in [6, 6.07) is 11.6. The number of hydrogen-bond acceptors (Lipinski definition) is 2. The average molecular weight is 307 g/mol. The van der Waals surface area contributed by atoms with Gasteiger partial charge in [-0.05, 0) is 30.3 Å². The van der Waals surface area contributed by atoms with Gasteiger partial charge in [-0.25, -0.2) is 0 Å². The Labute approximate surface area is 124 Å². The summed E-state index contributed by atoms with van der Waals surface area (Å²) in [6.45, 7) is 0.0788. The Morgan fingerprint density at radius 1 is 1.05 bits per heavy atom. The highest BCUT2D eigenvalue weighted by molar-refractivity contribution is 5.85. The van der Waals surface area contributed by atoms with E-state index in [-0.39, 0.29) is 18.1 Å². The van der Waals surface area contributed by atoms with E-state index in [1.54, 1.807) is 18.2 Å². The number of H-pyrrole nitrogens is 1. The van der Waals surface area contributed by atoms with Gasteiger partial charge in [0, 0.05) is 5.39 Å². The van der Waals surface area contributed by atoms with E-state index in [1.165, 1.54) is 12.1 Å². The van der Waals surface area contributed by atoms with Gasteiger partial charge in [-0.1, -0.05) is 18.2 Å². The molecule has 3 rings (SSSR count). The van der Waals surface area contributed by atoms with Crippen molar-refractivity contribution in [3.05, 3.63) is 59.8 Å². The summed E-state index contributed by atoms with van der Waals surface area (Å²) < 4.78 is 43.3. The second-order valence-electron chi connectivity index (χ2n) is 4.85. The summed E-state index contributed by atoms with van der Waals surface area (Å²) >= 11 is 0. The quantitative estimate of drug-likeness (QED) is 0.750. The summed E-state index contributed by atoms with van der Waals surface area (Å²) in [5.74, 6) is 0.250. The highest BCUT2D eigenvalue weighted by Gasteiger charge is 2.30. The van der Waals surface area contributed by atoms with E-state index >= 15 is 0 Å². The van der Waals surface area contributed by atoms with E-state index in [1.807, 2.05) is 6.07 Å². The second kappa shape index (κ2) is 5.29. The number of hydrogen-bond donors (Lipinski definition) is 2. The van der Waals surface area contributed by atoms with E-state index < -0.39 is 11.7 Å². The van der Waals surface area contributed by atoms with E-state index in [4.69, 9.17) is 4.74 Å². The lowest BCUT2D eigenvalue weighted by Gasteiger charge is -2.09. The molecule has 0 unspecified atom stereocenters. The molecule has 1 heterocycles. The molecule has 6 heteroatoms. The van der Waals surface area contributed by atoms with Gasteiger partial charge in [0.05, 0.1) is 16.8 Å². The number of phenols is 1. The van der Waals surface area contributed by atoms with Gasteiger partial charge in [0.1, 0.15) is 18.1 Å². The number of nitrogens with one attached hydrogen (secondary N) is 1. The third kappa shape index (κ3) is 2.86. The monoisotopic (exact) mass is 307 g/mol. The van der Waals surface area contributed by atoms with Crippen LogP contribution in [0.15, 0.2) is 48.5 Å². The Morgan fingerprint density at radius 3 is 2.55 bits per heavy atom. The van der Waals surface area contributed by atoms with Crippen molar-refractivity contribution in [3.8, 4) is 11.5 Å². The molecular weight excluding hydrogens is 295 g/mol. The number of rotatable bonds is 3. The SMILES string of the molecule is Oc1cccc2cc(COc3cccc(C(F)(F)F)c3)[nH]c12. The number of aromatic hydroxyl groups is 1. The van der Waals surface area contributed by atoms with Crippen LogP contribution in [0.4, 0.5) is 13.2 Å². The summed E-state index contributed by atoms with van der Waals surface area (Å²) in [6.07, 6.45) is -4.40. The molecule has 0 amide bonds. The molecule has 3 nitrogen and oxygen atoms in total. The van der Waals surface area contributed by atoms with Crippen LogP contribution in [-0.2, 0) is 12.8 Å². The van der Waals surface area contributed by atoms with Crippen LogP contribution in [0.3, 0.4) is 0 Å². The zero-order valence-electron chi connectivity index (χ0n) is 11.3. The lowest BCUT2D eigenvalue weighted by atomic mass is 10.2. The minimum Gasteiger partial charge on any atom is -0.506 e. The first-order valence-corrected chi connectivity index (χ1v) is 6.53. The zero-order valence-corrected chi connectivity index (χ0v) is 11.3. The number of phenolic OH excluding ortho intramolecular Hbond substituents is 1. The van der Waals surface area contributed by atoms with E-state index in [0.29, 0.717) is 11.2 Å². The molecule has 0 atom stereocenters. The fraction of sp³-hybridized carbons (Fsp3) is 0.125. The van der Waals surface area contributed by atoms with Crippen LogP contribution in [0.2, 0.25) is 0 Å². The van der Waals surface area contributed by atoms with Gasteiger partial charge in [-0.2, -0.15) is 13.2 Å². The lowest BCUT2D eigenvalue weighted by Crippen LogP contribution is -2.05. The number of fused-ring (bicyclic) bond motifs is 1. The molecule has 0 fully saturated rings. The fourth-order valence-corrected chi connectivity index (χ4v) is 2.20. The average Bonchev–Trinajstić information content (AvgIpc) is 2.89. The number of alkyl halides is 3. The largest absolute Gasteiger partial charge is 0.506 e. The Bertz CT molecular complexity index is 809. The number of halogens is 3. The Balaban J connectivity index is 1.78. The molecule has 0 aliphatic carbocycles. The standard InChI is InChI=1S/C16H12F3NO2/c17-16(18,19)11-4-2-5-13(8-11)22-9-12-7-10-3-1-6-14(21)15(10)20-12/h1-8,20-21H,9H2. The third-order valence-electron chi connectivity index (χ3n) is 3.25. The van der Waals surface area contributed by atoms with Crippen molar-refractivity contribution in [1.29, 1.82) is 0 Å². The first-order valence-electron chi connectivity index (χ1n) is 6.53. The molecule has 1 aromatic heterocycles. The molecule has 0 saturated carbocycles. The first kappa shape index (κ1) is 14.3. The normalized spacial score (nSPS) is 11.8. The number of aromatic amines is 1. The van der Waals surface area contributed by atoms with Gasteiger partial charge in [-0.15, -0.1) is 0 Å². The molecule has 0 radical (unpaired) electrons. The maximum absolute atomic E-state index is 12.6. The van der Waals surface area contributed by atoms with Crippen molar-refractivity contribution < 1.29 is 23.0 Å². The van der Waals surface area contributed by atoms with Crippen LogP contribution < -0.4 is 4.74 Å². The predicted octanol–water partition coefficient (Wildman–Crippen LogP) is 4.47. The number of benzene rings is 2. The maximum atomic E-state index is 12.6. The topological polar surface area (TPSA) is 45.2 Å². The van der Waals surface area contributed by atoms with Crippen LogP contribution in [0.25, 0.3) is 10.9 Å². The molecule has 114 valence electrons. The highest BCUT2D eigenvalue weighted by atomic mass is 19.4. The third-order valence-corrected chi connectivity index (χ3v) is 3.25. The smallest absolute Gasteiger partial charge is 0.416 e.